The lowest BCUT2D eigenvalue weighted by molar-refractivity contribution is 0.118. The molecule has 15 heavy (non-hydrogen) atoms. The summed E-state index contributed by atoms with van der Waals surface area (Å²) < 4.78 is 0. The van der Waals surface area contributed by atoms with Gasteiger partial charge in [-0.1, -0.05) is 26.8 Å². The molecule has 2 unspecified atom stereocenters. The van der Waals surface area contributed by atoms with E-state index in [0.29, 0.717) is 5.92 Å². The summed E-state index contributed by atoms with van der Waals surface area (Å²) in [6.45, 7) is 11.2. The fraction of sp³-hybridized carbons (Fsp3) is 0.769. The van der Waals surface area contributed by atoms with Crippen LogP contribution in [0.1, 0.15) is 40.0 Å². The Labute approximate surface area is 93.4 Å². The average Bonchev–Trinajstić information content (AvgIpc) is 2.11. The molecule has 0 spiro atoms. The molecule has 0 radical (unpaired) electrons. The molecule has 2 atom stereocenters. The van der Waals surface area contributed by atoms with Gasteiger partial charge < -0.3 is 0 Å². The van der Waals surface area contributed by atoms with E-state index < -0.39 is 0 Å². The lowest BCUT2D eigenvalue weighted by atomic mass is 9.65. The Balaban J connectivity index is 2.80. The summed E-state index contributed by atoms with van der Waals surface area (Å²) in [6, 6.07) is 2.48. The van der Waals surface area contributed by atoms with Gasteiger partial charge in [0.05, 0.1) is 6.07 Å². The van der Waals surface area contributed by atoms with Crippen LogP contribution < -0.4 is 5.32 Å². The summed E-state index contributed by atoms with van der Waals surface area (Å²) >= 11 is 0. The summed E-state index contributed by atoms with van der Waals surface area (Å²) in [7, 11) is 0. The van der Waals surface area contributed by atoms with E-state index in [9.17, 15) is 5.26 Å². The van der Waals surface area contributed by atoms with Gasteiger partial charge in [-0.05, 0) is 30.6 Å². The zero-order chi connectivity index (χ0) is 11.5. The van der Waals surface area contributed by atoms with Crippen molar-refractivity contribution in [3.8, 4) is 6.07 Å². The summed E-state index contributed by atoms with van der Waals surface area (Å²) in [5.74, 6) is 0.616. The van der Waals surface area contributed by atoms with Crippen molar-refractivity contribution >= 4 is 0 Å². The monoisotopic (exact) mass is 206 g/mol. The van der Waals surface area contributed by atoms with E-state index in [1.54, 1.807) is 0 Å². The molecule has 1 aliphatic carbocycles. The second-order valence-electron chi connectivity index (χ2n) is 5.72. The maximum absolute atomic E-state index is 9.37. The minimum absolute atomic E-state index is 0.265. The third-order valence-electron chi connectivity index (χ3n) is 3.18. The molecule has 1 rings (SSSR count). The topological polar surface area (TPSA) is 35.8 Å². The van der Waals surface area contributed by atoms with Crippen LogP contribution in [0.2, 0.25) is 0 Å². The molecule has 0 aromatic rings. The molecule has 0 saturated heterocycles. The van der Waals surface area contributed by atoms with Crippen LogP contribution in [0, 0.1) is 22.7 Å². The van der Waals surface area contributed by atoms with E-state index >= 15 is 0 Å². The third kappa shape index (κ3) is 3.07. The number of nitriles is 1. The number of nitrogens with one attached hydrogen (secondary N) is 1. The molecule has 0 heterocycles. The maximum atomic E-state index is 9.37. The van der Waals surface area contributed by atoms with Gasteiger partial charge in [0, 0.05) is 6.54 Å². The first kappa shape index (κ1) is 12.3. The standard InChI is InChI=1S/C13H22N2/c1-5-6-15-13(10-14)8-11(2)7-12(3,4)9-13/h5,11,15H,1,6-9H2,2-4H3. The van der Waals surface area contributed by atoms with E-state index in [2.05, 4.69) is 38.7 Å². The van der Waals surface area contributed by atoms with Crippen molar-refractivity contribution in [2.75, 3.05) is 6.54 Å². The molecular weight excluding hydrogens is 184 g/mol. The largest absolute Gasteiger partial charge is 0.296 e. The van der Waals surface area contributed by atoms with E-state index in [0.717, 1.165) is 19.4 Å². The van der Waals surface area contributed by atoms with Crippen molar-refractivity contribution in [2.24, 2.45) is 11.3 Å². The Morgan fingerprint density at radius 1 is 1.53 bits per heavy atom. The number of hydrogen-bond donors (Lipinski definition) is 1. The van der Waals surface area contributed by atoms with Crippen molar-refractivity contribution in [2.45, 2.75) is 45.6 Å². The second-order valence-corrected chi connectivity index (χ2v) is 5.72. The first-order valence-corrected chi connectivity index (χ1v) is 5.70. The zero-order valence-electron chi connectivity index (χ0n) is 10.1. The molecule has 0 aliphatic heterocycles. The maximum Gasteiger partial charge on any atom is 0.107 e. The molecule has 0 aromatic carbocycles. The van der Waals surface area contributed by atoms with Crippen LogP contribution in [0.4, 0.5) is 0 Å². The Morgan fingerprint density at radius 3 is 2.67 bits per heavy atom. The van der Waals surface area contributed by atoms with Crippen molar-refractivity contribution in [1.82, 2.24) is 5.32 Å². The SMILES string of the molecule is C=CCNC1(C#N)CC(C)CC(C)(C)C1. The first-order valence-electron chi connectivity index (χ1n) is 5.70. The summed E-state index contributed by atoms with van der Waals surface area (Å²) in [5.41, 5.74) is -0.0725. The van der Waals surface area contributed by atoms with E-state index in [-0.39, 0.29) is 11.0 Å². The molecule has 0 amide bonds. The van der Waals surface area contributed by atoms with Crippen LogP contribution in [0.25, 0.3) is 0 Å². The number of nitrogens with zero attached hydrogens (tertiary/aromatic N) is 1. The normalized spacial score (nSPS) is 34.4. The second kappa shape index (κ2) is 4.37. The molecule has 1 saturated carbocycles. The molecule has 1 aliphatic rings. The first-order chi connectivity index (χ1) is 6.93. The highest BCUT2D eigenvalue weighted by atomic mass is 15.0. The average molecular weight is 206 g/mol. The lowest BCUT2D eigenvalue weighted by Gasteiger charge is -2.44. The third-order valence-corrected chi connectivity index (χ3v) is 3.18. The summed E-state index contributed by atoms with van der Waals surface area (Å²) in [4.78, 5) is 0. The summed E-state index contributed by atoms with van der Waals surface area (Å²) in [6.07, 6.45) is 4.94. The Hall–Kier alpha value is -0.810. The molecule has 1 N–H and O–H groups in total. The highest BCUT2D eigenvalue weighted by Crippen LogP contribution is 2.43. The van der Waals surface area contributed by atoms with Crippen molar-refractivity contribution in [3.05, 3.63) is 12.7 Å². The minimum Gasteiger partial charge on any atom is -0.296 e. The van der Waals surface area contributed by atoms with Crippen LogP contribution >= 0.6 is 0 Å². The van der Waals surface area contributed by atoms with Crippen LogP contribution in [0.15, 0.2) is 12.7 Å². The van der Waals surface area contributed by atoms with Crippen molar-refractivity contribution < 1.29 is 0 Å². The fourth-order valence-electron chi connectivity index (χ4n) is 3.10. The molecular formula is C13H22N2. The van der Waals surface area contributed by atoms with Gasteiger partial charge in [-0.25, -0.2) is 0 Å². The van der Waals surface area contributed by atoms with Crippen LogP contribution in [-0.4, -0.2) is 12.1 Å². The van der Waals surface area contributed by atoms with Gasteiger partial charge in [0.15, 0.2) is 0 Å². The van der Waals surface area contributed by atoms with E-state index in [1.807, 2.05) is 6.08 Å². The predicted molar refractivity (Wildman–Crippen MR) is 63.3 cm³/mol. The number of rotatable bonds is 3. The lowest BCUT2D eigenvalue weighted by Crippen LogP contribution is -2.51. The van der Waals surface area contributed by atoms with Gasteiger partial charge in [0.2, 0.25) is 0 Å². The summed E-state index contributed by atoms with van der Waals surface area (Å²) in [5, 5.41) is 12.7. The van der Waals surface area contributed by atoms with Crippen LogP contribution in [-0.2, 0) is 0 Å². The quantitative estimate of drug-likeness (QED) is 0.721. The van der Waals surface area contributed by atoms with Gasteiger partial charge in [-0.3, -0.25) is 5.32 Å². The van der Waals surface area contributed by atoms with Crippen molar-refractivity contribution in [1.29, 1.82) is 5.26 Å². The number of hydrogen-bond acceptors (Lipinski definition) is 2. The predicted octanol–water partition coefficient (Wildman–Crippen LogP) is 2.87. The molecule has 1 fully saturated rings. The van der Waals surface area contributed by atoms with Gasteiger partial charge in [0.1, 0.15) is 5.54 Å². The van der Waals surface area contributed by atoms with Gasteiger partial charge in [-0.15, -0.1) is 6.58 Å². The van der Waals surface area contributed by atoms with Gasteiger partial charge in [-0.2, -0.15) is 5.26 Å². The molecule has 0 aromatic heterocycles. The smallest absolute Gasteiger partial charge is 0.107 e. The highest BCUT2D eigenvalue weighted by Gasteiger charge is 2.42. The minimum atomic E-state index is -0.338. The van der Waals surface area contributed by atoms with Crippen LogP contribution in [0.3, 0.4) is 0 Å². The van der Waals surface area contributed by atoms with Gasteiger partial charge >= 0.3 is 0 Å². The molecule has 0 bridgehead atoms. The zero-order valence-corrected chi connectivity index (χ0v) is 10.1. The van der Waals surface area contributed by atoms with E-state index in [1.165, 1.54) is 6.42 Å². The molecule has 84 valence electrons. The fourth-order valence-corrected chi connectivity index (χ4v) is 3.10. The van der Waals surface area contributed by atoms with Crippen LogP contribution in [0.5, 0.6) is 0 Å². The Morgan fingerprint density at radius 2 is 2.20 bits per heavy atom. The molecule has 2 nitrogen and oxygen atoms in total. The van der Waals surface area contributed by atoms with E-state index in [4.69, 9.17) is 0 Å². The highest BCUT2D eigenvalue weighted by molar-refractivity contribution is 5.13. The van der Waals surface area contributed by atoms with Gasteiger partial charge in [0.25, 0.3) is 0 Å². The van der Waals surface area contributed by atoms with Crippen molar-refractivity contribution in [3.63, 3.8) is 0 Å². The Kier molecular flexibility index (Phi) is 3.57. The Bertz CT molecular complexity index is 275. The molecule has 2 heteroatoms.